The Morgan fingerprint density at radius 2 is 1.96 bits per heavy atom. The highest BCUT2D eigenvalue weighted by Crippen LogP contribution is 2.30. The van der Waals surface area contributed by atoms with Gasteiger partial charge in [0, 0.05) is 18.3 Å². The number of anilines is 2. The normalized spacial score (nSPS) is 14.2. The second-order valence-electron chi connectivity index (χ2n) is 7.33. The first-order chi connectivity index (χ1) is 11.2. The molecule has 0 fully saturated rings. The number of hydrogen-bond acceptors (Lipinski definition) is 3. The van der Waals surface area contributed by atoms with Gasteiger partial charge in [-0.15, -0.1) is 0 Å². The average Bonchev–Trinajstić information content (AvgIpc) is 2.43. The molecule has 1 aliphatic rings. The van der Waals surface area contributed by atoms with E-state index in [4.69, 9.17) is 4.74 Å². The Balaban J connectivity index is 2.14. The molecular formula is C18H27N3O3. The number of amides is 3. The van der Waals surface area contributed by atoms with E-state index in [1.54, 1.807) is 11.0 Å². The van der Waals surface area contributed by atoms with Gasteiger partial charge in [-0.25, -0.2) is 9.59 Å². The highest BCUT2D eigenvalue weighted by molar-refractivity contribution is 5.92. The van der Waals surface area contributed by atoms with Crippen LogP contribution >= 0.6 is 0 Å². The quantitative estimate of drug-likeness (QED) is 0.862. The molecule has 1 aromatic rings. The molecule has 0 spiro atoms. The number of hydrogen-bond donors (Lipinski definition) is 2. The molecule has 2 N–H and O–H groups in total. The van der Waals surface area contributed by atoms with E-state index in [0.29, 0.717) is 6.54 Å². The van der Waals surface area contributed by atoms with Crippen molar-refractivity contribution in [3.8, 4) is 0 Å². The van der Waals surface area contributed by atoms with Crippen LogP contribution in [0.25, 0.3) is 0 Å². The topological polar surface area (TPSA) is 70.7 Å². The number of carbonyl (C=O) groups is 2. The third-order valence-corrected chi connectivity index (χ3v) is 3.49. The minimum atomic E-state index is -0.523. The zero-order valence-electron chi connectivity index (χ0n) is 15.1. The van der Waals surface area contributed by atoms with Crippen LogP contribution in [0.5, 0.6) is 0 Å². The van der Waals surface area contributed by atoms with Crippen LogP contribution in [0.1, 0.15) is 46.6 Å². The number of urea groups is 1. The summed E-state index contributed by atoms with van der Waals surface area (Å²) in [4.78, 5) is 25.9. The van der Waals surface area contributed by atoms with Crippen molar-refractivity contribution in [1.29, 1.82) is 0 Å². The molecule has 2 rings (SSSR count). The number of fused-ring (bicyclic) bond motifs is 1. The molecule has 0 atom stereocenters. The Kier molecular flexibility index (Phi) is 5.36. The maximum Gasteiger partial charge on any atom is 0.414 e. The zero-order valence-corrected chi connectivity index (χ0v) is 15.1. The number of aryl methyl sites for hydroxylation is 1. The largest absolute Gasteiger partial charge is 0.443 e. The van der Waals surface area contributed by atoms with Crippen molar-refractivity contribution in [2.45, 2.75) is 59.1 Å². The van der Waals surface area contributed by atoms with Crippen molar-refractivity contribution >= 4 is 23.5 Å². The minimum Gasteiger partial charge on any atom is -0.443 e. The molecule has 1 aromatic carbocycles. The van der Waals surface area contributed by atoms with Crippen LogP contribution in [0.15, 0.2) is 18.2 Å². The molecule has 0 saturated heterocycles. The van der Waals surface area contributed by atoms with Crippen LogP contribution in [0.2, 0.25) is 0 Å². The number of ether oxygens (including phenoxy) is 1. The van der Waals surface area contributed by atoms with Crippen molar-refractivity contribution < 1.29 is 14.3 Å². The second-order valence-corrected chi connectivity index (χ2v) is 7.33. The molecule has 0 bridgehead atoms. The standard InChI is InChI=1S/C18H27N3O3/c1-12(2)19-16(22)20-14-8-9-15-13(11-14)7-6-10-21(15)17(23)24-18(3,4)5/h8-9,11-12H,6-7,10H2,1-5H3,(H2,19,20,22). The lowest BCUT2D eigenvalue weighted by molar-refractivity contribution is 0.0578. The smallest absolute Gasteiger partial charge is 0.414 e. The first-order valence-electron chi connectivity index (χ1n) is 8.36. The highest BCUT2D eigenvalue weighted by Gasteiger charge is 2.27. The van der Waals surface area contributed by atoms with Crippen LogP contribution in [0.4, 0.5) is 21.0 Å². The van der Waals surface area contributed by atoms with Gasteiger partial charge in [0.1, 0.15) is 5.60 Å². The van der Waals surface area contributed by atoms with Gasteiger partial charge >= 0.3 is 12.1 Å². The van der Waals surface area contributed by atoms with Crippen molar-refractivity contribution in [3.63, 3.8) is 0 Å². The lowest BCUT2D eigenvalue weighted by atomic mass is 10.0. The van der Waals surface area contributed by atoms with Gasteiger partial charge in [0.2, 0.25) is 0 Å². The molecule has 0 aliphatic carbocycles. The van der Waals surface area contributed by atoms with Crippen molar-refractivity contribution in [2.24, 2.45) is 0 Å². The summed E-state index contributed by atoms with van der Waals surface area (Å²) < 4.78 is 5.48. The fourth-order valence-electron chi connectivity index (χ4n) is 2.61. The van der Waals surface area contributed by atoms with Crippen molar-refractivity contribution in [1.82, 2.24) is 5.32 Å². The molecular weight excluding hydrogens is 306 g/mol. The Hall–Kier alpha value is -2.24. The van der Waals surface area contributed by atoms with E-state index in [2.05, 4.69) is 10.6 Å². The van der Waals surface area contributed by atoms with Gasteiger partial charge in [0.05, 0.1) is 5.69 Å². The zero-order chi connectivity index (χ0) is 17.9. The van der Waals surface area contributed by atoms with Gasteiger partial charge in [0.25, 0.3) is 0 Å². The SMILES string of the molecule is CC(C)NC(=O)Nc1ccc2c(c1)CCCN2C(=O)OC(C)(C)C. The molecule has 0 aromatic heterocycles. The van der Waals surface area contributed by atoms with Crippen LogP contribution < -0.4 is 15.5 Å². The van der Waals surface area contributed by atoms with E-state index in [1.165, 1.54) is 0 Å². The van der Waals surface area contributed by atoms with E-state index < -0.39 is 5.60 Å². The molecule has 24 heavy (non-hydrogen) atoms. The van der Waals surface area contributed by atoms with Crippen LogP contribution in [-0.4, -0.2) is 30.3 Å². The monoisotopic (exact) mass is 333 g/mol. The van der Waals surface area contributed by atoms with Gasteiger partial charge in [0.15, 0.2) is 0 Å². The van der Waals surface area contributed by atoms with E-state index in [0.717, 1.165) is 29.8 Å². The third kappa shape index (κ3) is 4.88. The summed E-state index contributed by atoms with van der Waals surface area (Å²) >= 11 is 0. The summed E-state index contributed by atoms with van der Waals surface area (Å²) in [5.41, 5.74) is 2.09. The first-order valence-corrected chi connectivity index (χ1v) is 8.36. The summed E-state index contributed by atoms with van der Waals surface area (Å²) in [5, 5.41) is 5.61. The van der Waals surface area contributed by atoms with Gasteiger partial charge in [-0.05, 0) is 71.2 Å². The number of carbonyl (C=O) groups excluding carboxylic acids is 2. The predicted octanol–water partition coefficient (Wildman–Crippen LogP) is 3.90. The lowest BCUT2D eigenvalue weighted by Crippen LogP contribution is -2.39. The fraction of sp³-hybridized carbons (Fsp3) is 0.556. The molecule has 0 saturated carbocycles. The van der Waals surface area contributed by atoms with Gasteiger partial charge < -0.3 is 15.4 Å². The van der Waals surface area contributed by atoms with Gasteiger partial charge in [-0.3, -0.25) is 4.90 Å². The van der Waals surface area contributed by atoms with Crippen molar-refractivity contribution in [3.05, 3.63) is 23.8 Å². The molecule has 0 radical (unpaired) electrons. The minimum absolute atomic E-state index is 0.0743. The van der Waals surface area contributed by atoms with Crippen molar-refractivity contribution in [2.75, 3.05) is 16.8 Å². The highest BCUT2D eigenvalue weighted by atomic mass is 16.6. The molecule has 1 heterocycles. The molecule has 0 unspecified atom stereocenters. The lowest BCUT2D eigenvalue weighted by Gasteiger charge is -2.32. The van der Waals surface area contributed by atoms with Crippen LogP contribution in [0, 0.1) is 0 Å². The van der Waals surface area contributed by atoms with Gasteiger partial charge in [-0.2, -0.15) is 0 Å². The Morgan fingerprint density at radius 3 is 2.58 bits per heavy atom. The van der Waals surface area contributed by atoms with E-state index in [9.17, 15) is 9.59 Å². The molecule has 3 amide bonds. The average molecular weight is 333 g/mol. The van der Waals surface area contributed by atoms with E-state index >= 15 is 0 Å². The Bertz CT molecular complexity index is 620. The van der Waals surface area contributed by atoms with Gasteiger partial charge in [-0.1, -0.05) is 0 Å². The summed E-state index contributed by atoms with van der Waals surface area (Å²) in [7, 11) is 0. The molecule has 1 aliphatic heterocycles. The number of rotatable bonds is 2. The summed E-state index contributed by atoms with van der Waals surface area (Å²) in [6.45, 7) is 10.0. The predicted molar refractivity (Wildman–Crippen MR) is 95.6 cm³/mol. The molecule has 6 nitrogen and oxygen atoms in total. The maximum atomic E-state index is 12.4. The van der Waals surface area contributed by atoms with E-state index in [-0.39, 0.29) is 18.2 Å². The number of nitrogens with zero attached hydrogens (tertiary/aromatic N) is 1. The van der Waals surface area contributed by atoms with E-state index in [1.807, 2.05) is 46.8 Å². The Labute approximate surface area is 143 Å². The fourth-order valence-corrected chi connectivity index (χ4v) is 2.61. The molecule has 132 valence electrons. The van der Waals surface area contributed by atoms with Crippen LogP contribution in [0.3, 0.4) is 0 Å². The van der Waals surface area contributed by atoms with Crippen LogP contribution in [-0.2, 0) is 11.2 Å². The third-order valence-electron chi connectivity index (χ3n) is 3.49. The second kappa shape index (κ2) is 7.11. The summed E-state index contributed by atoms with van der Waals surface area (Å²) in [5.74, 6) is 0. The summed E-state index contributed by atoms with van der Waals surface area (Å²) in [6.07, 6.45) is 1.41. The Morgan fingerprint density at radius 1 is 1.25 bits per heavy atom. The number of benzene rings is 1. The molecule has 6 heteroatoms. The summed E-state index contributed by atoms with van der Waals surface area (Å²) in [6, 6.07) is 5.44. The number of nitrogens with one attached hydrogen (secondary N) is 2. The maximum absolute atomic E-state index is 12.4. The first kappa shape index (κ1) is 18.1.